The maximum Gasteiger partial charge on any atom is 0.321 e. The van der Waals surface area contributed by atoms with Gasteiger partial charge in [0.1, 0.15) is 11.6 Å². The highest BCUT2D eigenvalue weighted by molar-refractivity contribution is 5.96. The van der Waals surface area contributed by atoms with E-state index in [1.54, 1.807) is 0 Å². The summed E-state index contributed by atoms with van der Waals surface area (Å²) >= 11 is 0. The van der Waals surface area contributed by atoms with E-state index in [1.165, 1.54) is 18.6 Å². The van der Waals surface area contributed by atoms with Crippen LogP contribution in [0, 0.1) is 32.4 Å². The van der Waals surface area contributed by atoms with Gasteiger partial charge in [0.25, 0.3) is 5.91 Å². The molecule has 1 saturated carbocycles. The number of nitrogens with one attached hydrogen (secondary N) is 1. The molecule has 228 valence electrons. The molecule has 0 radical (unpaired) electrons. The summed E-state index contributed by atoms with van der Waals surface area (Å²) in [6, 6.07) is 5.42. The molecule has 2 atom stereocenters. The summed E-state index contributed by atoms with van der Waals surface area (Å²) in [5.41, 5.74) is 3.51. The van der Waals surface area contributed by atoms with Gasteiger partial charge in [-0.05, 0) is 89.6 Å². The number of carbonyl (C=O) groups excluding carboxylic acids is 2. The average Bonchev–Trinajstić information content (AvgIpc) is 3.30. The monoisotopic (exact) mass is 581 g/mol. The van der Waals surface area contributed by atoms with Crippen molar-refractivity contribution in [2.24, 2.45) is 0 Å². The van der Waals surface area contributed by atoms with Crippen molar-refractivity contribution in [1.82, 2.24) is 25.0 Å². The smallest absolute Gasteiger partial charge is 0.321 e. The van der Waals surface area contributed by atoms with Gasteiger partial charge >= 0.3 is 6.03 Å². The van der Waals surface area contributed by atoms with Gasteiger partial charge in [0.15, 0.2) is 0 Å². The van der Waals surface area contributed by atoms with Crippen molar-refractivity contribution in [3.05, 3.63) is 64.0 Å². The van der Waals surface area contributed by atoms with Gasteiger partial charge in [-0.2, -0.15) is 0 Å². The molecule has 1 aliphatic carbocycles. The Bertz CT molecular complexity index is 1270. The van der Waals surface area contributed by atoms with Crippen molar-refractivity contribution in [3.63, 3.8) is 0 Å². The number of aryl methyl sites for hydroxylation is 3. The zero-order chi connectivity index (χ0) is 30.0. The van der Waals surface area contributed by atoms with Crippen LogP contribution < -0.4 is 5.32 Å². The van der Waals surface area contributed by atoms with Crippen LogP contribution in [0.25, 0.3) is 0 Å². The summed E-state index contributed by atoms with van der Waals surface area (Å²) in [6.07, 6.45) is 7.71. The van der Waals surface area contributed by atoms with E-state index in [-0.39, 0.29) is 35.6 Å². The first-order valence-electron chi connectivity index (χ1n) is 15.6. The van der Waals surface area contributed by atoms with Gasteiger partial charge in [-0.15, -0.1) is 0 Å². The van der Waals surface area contributed by atoms with Crippen LogP contribution in [-0.2, 0) is 0 Å². The number of urea groups is 1. The van der Waals surface area contributed by atoms with Crippen molar-refractivity contribution < 1.29 is 18.4 Å². The van der Waals surface area contributed by atoms with Crippen LogP contribution in [-0.4, -0.2) is 75.9 Å². The maximum atomic E-state index is 15.0. The lowest BCUT2D eigenvalue weighted by atomic mass is 9.94. The second-order valence-electron chi connectivity index (χ2n) is 12.5. The molecule has 2 saturated heterocycles. The number of rotatable bonds is 8. The summed E-state index contributed by atoms with van der Waals surface area (Å²) < 4.78 is 29.2. The van der Waals surface area contributed by atoms with Crippen molar-refractivity contribution in [2.45, 2.75) is 103 Å². The predicted molar refractivity (Wildman–Crippen MR) is 159 cm³/mol. The summed E-state index contributed by atoms with van der Waals surface area (Å²) in [4.78, 5) is 37.4. The van der Waals surface area contributed by atoms with Crippen LogP contribution in [0.5, 0.6) is 0 Å². The van der Waals surface area contributed by atoms with Crippen LogP contribution in [0.15, 0.2) is 24.3 Å². The highest BCUT2D eigenvalue weighted by Crippen LogP contribution is 2.39. The number of likely N-dealkylation sites (tertiary alicyclic amines) is 1. The maximum absolute atomic E-state index is 15.0. The zero-order valence-corrected chi connectivity index (χ0v) is 25.5. The molecule has 0 bridgehead atoms. The van der Waals surface area contributed by atoms with E-state index in [0.29, 0.717) is 18.7 Å². The number of hydrogen-bond donors (Lipinski definition) is 1. The highest BCUT2D eigenvalue weighted by atomic mass is 19.1. The van der Waals surface area contributed by atoms with E-state index in [9.17, 15) is 14.0 Å². The summed E-state index contributed by atoms with van der Waals surface area (Å²) in [5.74, 6) is -1.02. The van der Waals surface area contributed by atoms with Crippen molar-refractivity contribution >= 4 is 11.9 Å². The summed E-state index contributed by atoms with van der Waals surface area (Å²) in [7, 11) is 0. The third kappa shape index (κ3) is 6.46. The van der Waals surface area contributed by atoms with E-state index in [4.69, 9.17) is 0 Å². The van der Waals surface area contributed by atoms with E-state index in [0.717, 1.165) is 81.1 Å². The molecule has 2 aliphatic heterocycles. The van der Waals surface area contributed by atoms with Gasteiger partial charge in [0.2, 0.25) is 0 Å². The minimum Gasteiger partial charge on any atom is -0.352 e. The quantitative estimate of drug-likeness (QED) is 0.411. The SMILES string of the molecule is Cc1cc(C)c(C(=O)NCCC(C)N2CCC(N3C(=O)N(C4CCCCC4)CC3c3cc(F)ccc3F)CC2)c(C)n1. The van der Waals surface area contributed by atoms with Gasteiger partial charge < -0.3 is 20.0 Å². The lowest BCUT2D eigenvalue weighted by Crippen LogP contribution is -2.50. The number of benzene rings is 1. The van der Waals surface area contributed by atoms with Crippen LogP contribution in [0.2, 0.25) is 0 Å². The number of halogens is 2. The van der Waals surface area contributed by atoms with E-state index in [1.807, 2.05) is 36.6 Å². The largest absolute Gasteiger partial charge is 0.352 e. The molecule has 42 heavy (non-hydrogen) atoms. The Morgan fingerprint density at radius 2 is 1.74 bits per heavy atom. The third-order valence-corrected chi connectivity index (χ3v) is 9.62. The Balaban J connectivity index is 1.20. The van der Waals surface area contributed by atoms with Crippen molar-refractivity contribution in [1.29, 1.82) is 0 Å². The molecule has 9 heteroatoms. The Labute approximate surface area is 248 Å². The topological polar surface area (TPSA) is 68.8 Å². The molecule has 1 N–H and O–H groups in total. The molecular formula is C33H45F2N5O2. The van der Waals surface area contributed by atoms with Gasteiger partial charge in [0, 0.05) is 55.6 Å². The van der Waals surface area contributed by atoms with Gasteiger partial charge in [-0.1, -0.05) is 19.3 Å². The molecule has 5 rings (SSSR count). The van der Waals surface area contributed by atoms with Crippen LogP contribution >= 0.6 is 0 Å². The lowest BCUT2D eigenvalue weighted by Gasteiger charge is -2.41. The van der Waals surface area contributed by atoms with Gasteiger partial charge in [-0.3, -0.25) is 9.78 Å². The molecule has 3 fully saturated rings. The van der Waals surface area contributed by atoms with Gasteiger partial charge in [0.05, 0.1) is 17.3 Å². The van der Waals surface area contributed by atoms with E-state index in [2.05, 4.69) is 22.1 Å². The molecule has 0 spiro atoms. The number of piperidine rings is 1. The van der Waals surface area contributed by atoms with Crippen LogP contribution in [0.3, 0.4) is 0 Å². The first kappa shape index (κ1) is 30.4. The average molecular weight is 582 g/mol. The number of carbonyl (C=O) groups is 2. The molecular weight excluding hydrogens is 536 g/mol. The fourth-order valence-electron chi connectivity index (χ4n) is 7.40. The predicted octanol–water partition coefficient (Wildman–Crippen LogP) is 6.07. The fourth-order valence-corrected chi connectivity index (χ4v) is 7.40. The van der Waals surface area contributed by atoms with Crippen molar-refractivity contribution in [2.75, 3.05) is 26.2 Å². The highest BCUT2D eigenvalue weighted by Gasteiger charge is 2.46. The minimum absolute atomic E-state index is 0.0260. The van der Waals surface area contributed by atoms with Crippen LogP contribution in [0.4, 0.5) is 13.6 Å². The zero-order valence-electron chi connectivity index (χ0n) is 25.5. The molecule has 3 amide bonds. The fraction of sp³-hybridized carbons (Fsp3) is 0.606. The lowest BCUT2D eigenvalue weighted by molar-refractivity contribution is 0.0873. The number of hydrogen-bond acceptors (Lipinski definition) is 4. The Kier molecular flexibility index (Phi) is 9.45. The molecule has 7 nitrogen and oxygen atoms in total. The first-order valence-corrected chi connectivity index (χ1v) is 15.6. The summed E-state index contributed by atoms with van der Waals surface area (Å²) in [5, 5.41) is 3.07. The normalized spacial score (nSPS) is 21.7. The third-order valence-electron chi connectivity index (χ3n) is 9.62. The first-order chi connectivity index (χ1) is 20.1. The number of pyridine rings is 1. The number of aromatic nitrogens is 1. The Morgan fingerprint density at radius 3 is 2.43 bits per heavy atom. The van der Waals surface area contributed by atoms with E-state index >= 15 is 4.39 Å². The molecule has 3 heterocycles. The second-order valence-corrected chi connectivity index (χ2v) is 12.5. The summed E-state index contributed by atoms with van der Waals surface area (Å²) in [6.45, 7) is 10.5. The Morgan fingerprint density at radius 1 is 1.02 bits per heavy atom. The molecule has 1 aromatic heterocycles. The number of nitrogens with zero attached hydrogens (tertiary/aromatic N) is 4. The van der Waals surface area contributed by atoms with Gasteiger partial charge in [-0.25, -0.2) is 13.6 Å². The molecule has 2 aromatic rings. The second kappa shape index (κ2) is 13.1. The van der Waals surface area contributed by atoms with Crippen LogP contribution in [0.1, 0.15) is 97.2 Å². The minimum atomic E-state index is -0.484. The Hall–Kier alpha value is -3.07. The van der Waals surface area contributed by atoms with E-state index < -0.39 is 17.7 Å². The molecule has 1 aromatic carbocycles. The molecule has 3 aliphatic rings. The molecule has 2 unspecified atom stereocenters. The standard InChI is InChI=1S/C33H45F2N5O2/c1-21-18-22(2)37-24(4)31(21)32(41)36-15-12-23(3)38-16-13-27(14-17-38)40-30(28-19-25(34)10-11-29(28)35)20-39(33(40)42)26-8-6-5-7-9-26/h10-11,18-19,23,26-27,30H,5-9,12-17,20H2,1-4H3,(H,36,41). The van der Waals surface area contributed by atoms with Crippen molar-refractivity contribution in [3.8, 4) is 0 Å². The number of amides is 3.